The van der Waals surface area contributed by atoms with Crippen molar-refractivity contribution in [1.29, 1.82) is 0 Å². The third kappa shape index (κ3) is 4.67. The fourth-order valence-electron chi connectivity index (χ4n) is 1.78. The summed E-state index contributed by atoms with van der Waals surface area (Å²) >= 11 is 0. The van der Waals surface area contributed by atoms with Crippen LogP contribution in [0.5, 0.6) is 5.75 Å². The van der Waals surface area contributed by atoms with E-state index in [-0.39, 0.29) is 0 Å². The van der Waals surface area contributed by atoms with Gasteiger partial charge >= 0.3 is 0 Å². The molecule has 0 spiro atoms. The van der Waals surface area contributed by atoms with Crippen LogP contribution in [0, 0.1) is 6.92 Å². The average molecular weight is 251 g/mol. The third-order valence-corrected chi connectivity index (χ3v) is 2.79. The second kappa shape index (κ2) is 6.21. The van der Waals surface area contributed by atoms with E-state index < -0.39 is 5.60 Å². The van der Waals surface area contributed by atoms with Crippen molar-refractivity contribution < 1.29 is 9.84 Å². The summed E-state index contributed by atoms with van der Waals surface area (Å²) in [6.07, 6.45) is 0. The first-order chi connectivity index (χ1) is 8.33. The Morgan fingerprint density at radius 3 is 2.56 bits per heavy atom. The highest BCUT2D eigenvalue weighted by atomic mass is 16.5. The molecule has 0 aliphatic carbocycles. The van der Waals surface area contributed by atoms with Gasteiger partial charge in [0.25, 0.3) is 0 Å². The normalized spacial score (nSPS) is 13.4. The van der Waals surface area contributed by atoms with E-state index in [1.807, 2.05) is 13.0 Å². The summed E-state index contributed by atoms with van der Waals surface area (Å²) in [6, 6.07) is 6.52. The zero-order valence-corrected chi connectivity index (χ0v) is 12.1. The van der Waals surface area contributed by atoms with Gasteiger partial charge in [0.1, 0.15) is 12.4 Å². The van der Waals surface area contributed by atoms with Gasteiger partial charge < -0.3 is 15.2 Å². The second-order valence-corrected chi connectivity index (χ2v) is 5.41. The number of hydrogen-bond donors (Lipinski definition) is 2. The predicted molar refractivity (Wildman–Crippen MR) is 75.1 cm³/mol. The molecule has 1 aromatic carbocycles. The van der Waals surface area contributed by atoms with Crippen LogP contribution in [0.2, 0.25) is 0 Å². The molecular weight excluding hydrogens is 226 g/mol. The van der Waals surface area contributed by atoms with E-state index in [2.05, 4.69) is 31.3 Å². The Labute approximate surface area is 110 Å². The molecule has 0 aliphatic heterocycles. The Balaban J connectivity index is 2.73. The summed E-state index contributed by atoms with van der Waals surface area (Å²) in [6.45, 7) is 11.0. The summed E-state index contributed by atoms with van der Waals surface area (Å²) in [5.41, 5.74) is 1.55. The molecule has 18 heavy (non-hydrogen) atoms. The molecule has 1 rings (SSSR count). The summed E-state index contributed by atoms with van der Waals surface area (Å²) < 4.78 is 5.63. The quantitative estimate of drug-likeness (QED) is 0.817. The molecule has 3 nitrogen and oxygen atoms in total. The summed E-state index contributed by atoms with van der Waals surface area (Å²) in [5.74, 6) is 0.838. The largest absolute Gasteiger partial charge is 0.490 e. The maximum Gasteiger partial charge on any atom is 0.122 e. The van der Waals surface area contributed by atoms with Crippen molar-refractivity contribution in [3.05, 3.63) is 29.3 Å². The number of nitrogens with one attached hydrogen (secondary N) is 1. The van der Waals surface area contributed by atoms with Gasteiger partial charge in [-0.1, -0.05) is 19.1 Å². The van der Waals surface area contributed by atoms with Crippen LogP contribution < -0.4 is 10.1 Å². The van der Waals surface area contributed by atoms with E-state index in [1.54, 1.807) is 13.8 Å². The van der Waals surface area contributed by atoms with Crippen LogP contribution in [0.3, 0.4) is 0 Å². The molecule has 1 aromatic rings. The lowest BCUT2D eigenvalue weighted by Gasteiger charge is -2.20. The predicted octanol–water partition coefficient (Wildman–Crippen LogP) is 2.82. The summed E-state index contributed by atoms with van der Waals surface area (Å²) in [4.78, 5) is 0. The molecule has 0 saturated carbocycles. The Kier molecular flexibility index (Phi) is 5.17. The fraction of sp³-hybridized carbons (Fsp3) is 0.600. The number of benzene rings is 1. The van der Waals surface area contributed by atoms with Crippen LogP contribution in [-0.2, 0) is 0 Å². The lowest BCUT2D eigenvalue weighted by Crippen LogP contribution is -2.28. The van der Waals surface area contributed by atoms with Gasteiger partial charge in [0.05, 0.1) is 5.60 Å². The van der Waals surface area contributed by atoms with E-state index in [4.69, 9.17) is 4.74 Å². The SMILES string of the molecule is CCNC(C)c1ccc(OCC(C)(C)O)c(C)c1. The van der Waals surface area contributed by atoms with Crippen molar-refractivity contribution in [3.63, 3.8) is 0 Å². The van der Waals surface area contributed by atoms with Gasteiger partial charge in [-0.15, -0.1) is 0 Å². The molecular formula is C15H25NO2. The van der Waals surface area contributed by atoms with Gasteiger partial charge in [0.2, 0.25) is 0 Å². The molecule has 0 radical (unpaired) electrons. The highest BCUT2D eigenvalue weighted by Gasteiger charge is 2.14. The number of ether oxygens (including phenoxy) is 1. The molecule has 0 heterocycles. The minimum Gasteiger partial charge on any atom is -0.490 e. The van der Waals surface area contributed by atoms with E-state index in [0.29, 0.717) is 12.6 Å². The number of rotatable bonds is 6. The van der Waals surface area contributed by atoms with E-state index in [0.717, 1.165) is 17.9 Å². The first-order valence-corrected chi connectivity index (χ1v) is 6.52. The van der Waals surface area contributed by atoms with Gasteiger partial charge in [-0.05, 0) is 51.4 Å². The molecule has 3 heteroatoms. The van der Waals surface area contributed by atoms with Gasteiger partial charge in [0, 0.05) is 6.04 Å². The molecule has 0 aromatic heterocycles. The van der Waals surface area contributed by atoms with Crippen molar-refractivity contribution in [2.75, 3.05) is 13.2 Å². The van der Waals surface area contributed by atoms with Crippen LogP contribution in [0.15, 0.2) is 18.2 Å². The molecule has 0 bridgehead atoms. The van der Waals surface area contributed by atoms with Crippen molar-refractivity contribution in [2.45, 2.75) is 46.3 Å². The van der Waals surface area contributed by atoms with E-state index in [1.165, 1.54) is 5.56 Å². The Bertz CT molecular complexity index is 383. The third-order valence-electron chi connectivity index (χ3n) is 2.79. The van der Waals surface area contributed by atoms with Crippen LogP contribution in [-0.4, -0.2) is 23.9 Å². The second-order valence-electron chi connectivity index (χ2n) is 5.41. The van der Waals surface area contributed by atoms with Crippen molar-refractivity contribution >= 4 is 0 Å². The number of aliphatic hydroxyl groups is 1. The molecule has 1 unspecified atom stereocenters. The first-order valence-electron chi connectivity index (χ1n) is 6.52. The molecule has 102 valence electrons. The number of hydrogen-bond acceptors (Lipinski definition) is 3. The van der Waals surface area contributed by atoms with Crippen molar-refractivity contribution in [1.82, 2.24) is 5.32 Å². The van der Waals surface area contributed by atoms with Gasteiger partial charge in [-0.2, -0.15) is 0 Å². The Morgan fingerprint density at radius 2 is 2.06 bits per heavy atom. The molecule has 0 amide bonds. The summed E-state index contributed by atoms with van der Waals surface area (Å²) in [7, 11) is 0. The van der Waals surface area contributed by atoms with Crippen LogP contribution in [0.25, 0.3) is 0 Å². The monoisotopic (exact) mass is 251 g/mol. The minimum atomic E-state index is -0.803. The molecule has 0 fully saturated rings. The van der Waals surface area contributed by atoms with E-state index in [9.17, 15) is 5.11 Å². The van der Waals surface area contributed by atoms with Gasteiger partial charge in [0.15, 0.2) is 0 Å². The lowest BCUT2D eigenvalue weighted by molar-refractivity contribution is 0.0282. The maximum atomic E-state index is 9.65. The fourth-order valence-corrected chi connectivity index (χ4v) is 1.78. The molecule has 2 N–H and O–H groups in total. The zero-order chi connectivity index (χ0) is 13.8. The minimum absolute atomic E-state index is 0.302. The first kappa shape index (κ1) is 15.0. The standard InChI is InChI=1S/C15H25NO2/c1-6-16-12(3)13-7-8-14(11(2)9-13)18-10-15(4,5)17/h7-9,12,16-17H,6,10H2,1-5H3. The van der Waals surface area contributed by atoms with E-state index >= 15 is 0 Å². The topological polar surface area (TPSA) is 41.5 Å². The average Bonchev–Trinajstić information content (AvgIpc) is 2.26. The smallest absolute Gasteiger partial charge is 0.122 e. The molecule has 0 aliphatic rings. The molecule has 0 saturated heterocycles. The summed E-state index contributed by atoms with van der Waals surface area (Å²) in [5, 5.41) is 13.0. The van der Waals surface area contributed by atoms with Crippen molar-refractivity contribution in [3.8, 4) is 5.75 Å². The highest BCUT2D eigenvalue weighted by Crippen LogP contribution is 2.23. The van der Waals surface area contributed by atoms with Gasteiger partial charge in [-0.3, -0.25) is 0 Å². The van der Waals surface area contributed by atoms with Crippen LogP contribution >= 0.6 is 0 Å². The Morgan fingerprint density at radius 1 is 1.39 bits per heavy atom. The maximum absolute atomic E-state index is 9.65. The Hall–Kier alpha value is -1.06. The van der Waals surface area contributed by atoms with Crippen LogP contribution in [0.4, 0.5) is 0 Å². The highest BCUT2D eigenvalue weighted by molar-refractivity contribution is 5.37. The van der Waals surface area contributed by atoms with Gasteiger partial charge in [-0.25, -0.2) is 0 Å². The molecule has 1 atom stereocenters. The number of aryl methyl sites for hydroxylation is 1. The zero-order valence-electron chi connectivity index (χ0n) is 12.1. The van der Waals surface area contributed by atoms with Crippen LogP contribution in [0.1, 0.15) is 44.9 Å². The van der Waals surface area contributed by atoms with Crippen molar-refractivity contribution in [2.24, 2.45) is 0 Å². The lowest BCUT2D eigenvalue weighted by atomic mass is 10.0.